The van der Waals surface area contributed by atoms with Crippen LogP contribution < -0.4 is 10.6 Å². The van der Waals surface area contributed by atoms with Gasteiger partial charge in [-0.05, 0) is 85.2 Å². The number of aryl methyl sites for hydroxylation is 2. The number of hydrogen-bond acceptors (Lipinski definition) is 2. The zero-order valence-corrected chi connectivity index (χ0v) is 15.6. The molecule has 128 valence electrons. The topological polar surface area (TPSA) is 41.1 Å². The van der Waals surface area contributed by atoms with Gasteiger partial charge in [0.2, 0.25) is 0 Å². The summed E-state index contributed by atoms with van der Waals surface area (Å²) in [5, 5.41) is 8.17. The van der Waals surface area contributed by atoms with Crippen molar-refractivity contribution >= 4 is 23.1 Å². The van der Waals surface area contributed by atoms with E-state index in [0.717, 1.165) is 18.0 Å². The van der Waals surface area contributed by atoms with Gasteiger partial charge in [0.05, 0.1) is 0 Å². The zero-order chi connectivity index (χ0) is 17.1. The third-order valence-corrected chi connectivity index (χ3v) is 6.03. The lowest BCUT2D eigenvalue weighted by atomic mass is 9.88. The molecule has 3 rings (SSSR count). The average molecular weight is 343 g/mol. The van der Waals surface area contributed by atoms with Crippen molar-refractivity contribution in [2.45, 2.75) is 46.5 Å². The van der Waals surface area contributed by atoms with Crippen LogP contribution in [0.25, 0.3) is 0 Å². The second-order valence-electron chi connectivity index (χ2n) is 6.94. The Kier molecular flexibility index (Phi) is 5.24. The summed E-state index contributed by atoms with van der Waals surface area (Å²) in [6.45, 7) is 7.14. The number of amides is 2. The van der Waals surface area contributed by atoms with Crippen molar-refractivity contribution in [2.24, 2.45) is 5.92 Å². The van der Waals surface area contributed by atoms with Crippen LogP contribution in [0.4, 0.5) is 10.5 Å². The number of benzene rings is 1. The summed E-state index contributed by atoms with van der Waals surface area (Å²) in [5.74, 6) is 0.811. The van der Waals surface area contributed by atoms with E-state index in [2.05, 4.69) is 36.8 Å². The molecule has 1 unspecified atom stereocenters. The fraction of sp³-hybridized carbons (Fsp3) is 0.450. The van der Waals surface area contributed by atoms with Crippen LogP contribution in [0.2, 0.25) is 0 Å². The van der Waals surface area contributed by atoms with Crippen molar-refractivity contribution in [3.8, 4) is 0 Å². The quantitative estimate of drug-likeness (QED) is 0.819. The van der Waals surface area contributed by atoms with Crippen molar-refractivity contribution in [1.82, 2.24) is 5.32 Å². The molecule has 0 spiro atoms. The predicted octanol–water partition coefficient (Wildman–Crippen LogP) is 4.85. The molecule has 0 radical (unpaired) electrons. The summed E-state index contributed by atoms with van der Waals surface area (Å²) >= 11 is 1.89. The highest BCUT2D eigenvalue weighted by molar-refractivity contribution is 7.10. The van der Waals surface area contributed by atoms with Gasteiger partial charge in [0.1, 0.15) is 0 Å². The first-order valence-electron chi connectivity index (χ1n) is 8.73. The van der Waals surface area contributed by atoms with E-state index < -0.39 is 0 Å². The van der Waals surface area contributed by atoms with Crippen molar-refractivity contribution in [3.05, 3.63) is 50.7 Å². The monoisotopic (exact) mass is 342 g/mol. The molecule has 1 aliphatic carbocycles. The maximum atomic E-state index is 12.0. The number of anilines is 1. The maximum absolute atomic E-state index is 12.0. The van der Waals surface area contributed by atoms with E-state index in [9.17, 15) is 4.79 Å². The molecule has 1 aromatic heterocycles. The summed E-state index contributed by atoms with van der Waals surface area (Å²) in [7, 11) is 0. The molecule has 1 heterocycles. The highest BCUT2D eigenvalue weighted by Gasteiger charge is 2.19. The standard InChI is InChI=1S/C20H26N2OS/c1-13-4-7-18-16(12-24-19(18)10-13)8-9-21-20(23)22-17-6-5-14(2)15(3)11-17/h5-6,11-13H,4,7-10H2,1-3H3,(H2,21,22,23). The number of urea groups is 1. The molecule has 24 heavy (non-hydrogen) atoms. The van der Waals surface area contributed by atoms with Gasteiger partial charge in [-0.15, -0.1) is 11.3 Å². The predicted molar refractivity (Wildman–Crippen MR) is 102 cm³/mol. The molecule has 1 aliphatic rings. The summed E-state index contributed by atoms with van der Waals surface area (Å²) in [6, 6.07) is 5.85. The lowest BCUT2D eigenvalue weighted by Crippen LogP contribution is -2.30. The minimum Gasteiger partial charge on any atom is -0.338 e. The van der Waals surface area contributed by atoms with E-state index in [1.807, 2.05) is 29.5 Å². The number of nitrogens with one attached hydrogen (secondary N) is 2. The fourth-order valence-electron chi connectivity index (χ4n) is 3.26. The van der Waals surface area contributed by atoms with Gasteiger partial charge in [0.15, 0.2) is 0 Å². The minimum absolute atomic E-state index is 0.129. The van der Waals surface area contributed by atoms with Crippen LogP contribution in [0.15, 0.2) is 23.6 Å². The van der Waals surface area contributed by atoms with E-state index in [0.29, 0.717) is 6.54 Å². The molecule has 2 amide bonds. The summed E-state index contributed by atoms with van der Waals surface area (Å²) in [6.07, 6.45) is 4.63. The minimum atomic E-state index is -0.129. The average Bonchev–Trinajstić information content (AvgIpc) is 2.93. The Bertz CT molecular complexity index is 735. The molecule has 2 aromatic rings. The summed E-state index contributed by atoms with van der Waals surface area (Å²) in [4.78, 5) is 13.6. The first-order valence-corrected chi connectivity index (χ1v) is 9.61. The van der Waals surface area contributed by atoms with Gasteiger partial charge in [-0.1, -0.05) is 13.0 Å². The number of fused-ring (bicyclic) bond motifs is 1. The molecule has 1 atom stereocenters. The number of thiophene rings is 1. The van der Waals surface area contributed by atoms with Gasteiger partial charge in [0, 0.05) is 17.1 Å². The number of carbonyl (C=O) groups is 1. The number of hydrogen-bond donors (Lipinski definition) is 2. The van der Waals surface area contributed by atoms with E-state index in [4.69, 9.17) is 0 Å². The van der Waals surface area contributed by atoms with Crippen molar-refractivity contribution in [1.29, 1.82) is 0 Å². The van der Waals surface area contributed by atoms with Crippen LogP contribution >= 0.6 is 11.3 Å². The van der Waals surface area contributed by atoms with E-state index >= 15 is 0 Å². The van der Waals surface area contributed by atoms with Gasteiger partial charge in [-0.25, -0.2) is 4.79 Å². The Morgan fingerprint density at radius 2 is 2.12 bits per heavy atom. The van der Waals surface area contributed by atoms with Crippen LogP contribution in [-0.4, -0.2) is 12.6 Å². The molecule has 2 N–H and O–H groups in total. The molecule has 0 bridgehead atoms. The van der Waals surface area contributed by atoms with Gasteiger partial charge < -0.3 is 10.6 Å². The van der Waals surface area contributed by atoms with Crippen LogP contribution in [0.3, 0.4) is 0 Å². The Labute approximate surface area is 148 Å². The van der Waals surface area contributed by atoms with Gasteiger partial charge in [-0.3, -0.25) is 0 Å². The summed E-state index contributed by atoms with van der Waals surface area (Å²) in [5.41, 5.74) is 6.24. The Morgan fingerprint density at radius 3 is 2.92 bits per heavy atom. The molecule has 4 heteroatoms. The van der Waals surface area contributed by atoms with Crippen LogP contribution in [0.5, 0.6) is 0 Å². The van der Waals surface area contributed by atoms with Crippen LogP contribution in [0.1, 0.15) is 40.5 Å². The molecular formula is C20H26N2OS. The molecule has 0 aliphatic heterocycles. The Balaban J connectivity index is 1.50. The highest BCUT2D eigenvalue weighted by Crippen LogP contribution is 2.32. The van der Waals surface area contributed by atoms with Crippen molar-refractivity contribution in [2.75, 3.05) is 11.9 Å². The third-order valence-electron chi connectivity index (χ3n) is 4.93. The van der Waals surface area contributed by atoms with E-state index in [1.165, 1.54) is 36.0 Å². The lowest BCUT2D eigenvalue weighted by Gasteiger charge is -2.19. The Hall–Kier alpha value is -1.81. The van der Waals surface area contributed by atoms with Crippen LogP contribution in [0, 0.1) is 19.8 Å². The SMILES string of the molecule is Cc1ccc(NC(=O)NCCc2csc3c2CCC(C)C3)cc1C. The largest absolute Gasteiger partial charge is 0.338 e. The number of rotatable bonds is 4. The lowest BCUT2D eigenvalue weighted by molar-refractivity contribution is 0.252. The first-order chi connectivity index (χ1) is 11.5. The first kappa shape index (κ1) is 17.0. The molecule has 3 nitrogen and oxygen atoms in total. The fourth-order valence-corrected chi connectivity index (χ4v) is 4.56. The normalized spacial score (nSPS) is 16.5. The second kappa shape index (κ2) is 7.39. The molecule has 0 saturated heterocycles. The molecule has 0 saturated carbocycles. The van der Waals surface area contributed by atoms with Crippen molar-refractivity contribution < 1.29 is 4.79 Å². The van der Waals surface area contributed by atoms with Crippen LogP contribution in [-0.2, 0) is 19.3 Å². The van der Waals surface area contributed by atoms with E-state index in [-0.39, 0.29) is 6.03 Å². The number of carbonyl (C=O) groups excluding carboxylic acids is 1. The molecular weight excluding hydrogens is 316 g/mol. The highest BCUT2D eigenvalue weighted by atomic mass is 32.1. The Morgan fingerprint density at radius 1 is 1.29 bits per heavy atom. The van der Waals surface area contributed by atoms with Gasteiger partial charge >= 0.3 is 6.03 Å². The third kappa shape index (κ3) is 3.99. The van der Waals surface area contributed by atoms with Crippen molar-refractivity contribution in [3.63, 3.8) is 0 Å². The van der Waals surface area contributed by atoms with E-state index in [1.54, 1.807) is 10.4 Å². The maximum Gasteiger partial charge on any atom is 0.319 e. The van der Waals surface area contributed by atoms with Gasteiger partial charge in [-0.2, -0.15) is 0 Å². The molecule has 0 fully saturated rings. The van der Waals surface area contributed by atoms with Gasteiger partial charge in [0.25, 0.3) is 0 Å². The zero-order valence-electron chi connectivity index (χ0n) is 14.7. The summed E-state index contributed by atoms with van der Waals surface area (Å²) < 4.78 is 0. The second-order valence-corrected chi connectivity index (χ2v) is 7.90. The smallest absolute Gasteiger partial charge is 0.319 e. The molecule has 1 aromatic carbocycles.